The standard InChI is InChI=1S/C20H26N2O2/c1-13-9-14(2)11-22(10-13)12-18-19(20(23)24-4)15(3)16-7-5-6-8-17(16)21-18/h5-8,13-14H,9-12H2,1-4H3/t13-,14+. The minimum atomic E-state index is -0.293. The van der Waals surface area contributed by atoms with Crippen molar-refractivity contribution in [3.8, 4) is 0 Å². The summed E-state index contributed by atoms with van der Waals surface area (Å²) in [7, 11) is 1.44. The van der Waals surface area contributed by atoms with E-state index in [9.17, 15) is 4.79 Å². The van der Waals surface area contributed by atoms with Crippen molar-refractivity contribution in [3.05, 3.63) is 41.1 Å². The molecular formula is C20H26N2O2. The summed E-state index contributed by atoms with van der Waals surface area (Å²) in [5, 5.41) is 1.02. The van der Waals surface area contributed by atoms with Crippen molar-refractivity contribution in [1.82, 2.24) is 9.88 Å². The van der Waals surface area contributed by atoms with Gasteiger partial charge in [-0.05, 0) is 36.8 Å². The molecule has 2 atom stereocenters. The first-order valence-corrected chi connectivity index (χ1v) is 8.68. The Kier molecular flexibility index (Phi) is 4.86. The smallest absolute Gasteiger partial charge is 0.340 e. The first-order chi connectivity index (χ1) is 11.5. The van der Waals surface area contributed by atoms with Crippen LogP contribution >= 0.6 is 0 Å². The fourth-order valence-corrected chi connectivity index (χ4v) is 4.06. The number of benzene rings is 1. The van der Waals surface area contributed by atoms with Crippen molar-refractivity contribution in [2.45, 2.75) is 33.7 Å². The largest absolute Gasteiger partial charge is 0.465 e. The molecule has 1 aliphatic rings. The van der Waals surface area contributed by atoms with Crippen LogP contribution in [0.15, 0.2) is 24.3 Å². The lowest BCUT2D eigenvalue weighted by atomic mass is 9.91. The van der Waals surface area contributed by atoms with Gasteiger partial charge in [-0.1, -0.05) is 32.0 Å². The molecule has 0 spiro atoms. The maximum atomic E-state index is 12.4. The third kappa shape index (κ3) is 3.29. The molecule has 0 aliphatic carbocycles. The predicted octanol–water partition coefficient (Wildman–Crippen LogP) is 3.81. The highest BCUT2D eigenvalue weighted by Crippen LogP contribution is 2.27. The second-order valence-corrected chi connectivity index (χ2v) is 7.21. The quantitative estimate of drug-likeness (QED) is 0.805. The van der Waals surface area contributed by atoms with E-state index in [0.29, 0.717) is 23.9 Å². The Morgan fingerprint density at radius 2 is 1.92 bits per heavy atom. The van der Waals surface area contributed by atoms with Crippen molar-refractivity contribution in [2.75, 3.05) is 20.2 Å². The number of hydrogen-bond donors (Lipinski definition) is 0. The van der Waals surface area contributed by atoms with Crippen LogP contribution in [0.1, 0.15) is 41.9 Å². The first-order valence-electron chi connectivity index (χ1n) is 8.68. The molecular weight excluding hydrogens is 300 g/mol. The molecule has 2 aromatic rings. The fraction of sp³-hybridized carbons (Fsp3) is 0.500. The molecule has 4 nitrogen and oxygen atoms in total. The van der Waals surface area contributed by atoms with Gasteiger partial charge in [0.25, 0.3) is 0 Å². The van der Waals surface area contributed by atoms with E-state index < -0.39 is 0 Å². The number of methoxy groups -OCH3 is 1. The van der Waals surface area contributed by atoms with Crippen LogP contribution in [-0.2, 0) is 11.3 Å². The third-order valence-electron chi connectivity index (χ3n) is 4.93. The van der Waals surface area contributed by atoms with E-state index in [2.05, 4.69) is 18.7 Å². The molecule has 0 saturated carbocycles. The molecule has 0 unspecified atom stereocenters. The highest BCUT2D eigenvalue weighted by Gasteiger charge is 2.25. The molecule has 0 amide bonds. The molecule has 2 heterocycles. The van der Waals surface area contributed by atoms with Gasteiger partial charge in [0.1, 0.15) is 0 Å². The number of piperidine rings is 1. The summed E-state index contributed by atoms with van der Waals surface area (Å²) < 4.78 is 5.04. The Labute approximate surface area is 143 Å². The summed E-state index contributed by atoms with van der Waals surface area (Å²) in [6.45, 7) is 9.38. The molecule has 128 valence electrons. The van der Waals surface area contributed by atoms with E-state index in [-0.39, 0.29) is 5.97 Å². The van der Waals surface area contributed by atoms with Gasteiger partial charge in [-0.2, -0.15) is 0 Å². The number of aryl methyl sites for hydroxylation is 1. The average molecular weight is 326 g/mol. The number of ether oxygens (including phenoxy) is 1. The first kappa shape index (κ1) is 16.9. The zero-order valence-electron chi connectivity index (χ0n) is 15.0. The summed E-state index contributed by atoms with van der Waals surface area (Å²) in [6, 6.07) is 7.99. The third-order valence-corrected chi connectivity index (χ3v) is 4.93. The Hall–Kier alpha value is -1.94. The lowest BCUT2D eigenvalue weighted by Gasteiger charge is -2.35. The number of nitrogens with zero attached hydrogens (tertiary/aromatic N) is 2. The molecule has 1 aliphatic heterocycles. The van der Waals surface area contributed by atoms with Crippen molar-refractivity contribution in [3.63, 3.8) is 0 Å². The number of para-hydroxylation sites is 1. The maximum absolute atomic E-state index is 12.4. The van der Waals surface area contributed by atoms with Crippen molar-refractivity contribution < 1.29 is 9.53 Å². The number of fused-ring (bicyclic) bond motifs is 1. The van der Waals surface area contributed by atoms with Gasteiger partial charge >= 0.3 is 5.97 Å². The number of likely N-dealkylation sites (tertiary alicyclic amines) is 1. The van der Waals surface area contributed by atoms with Gasteiger partial charge in [0.15, 0.2) is 0 Å². The Balaban J connectivity index is 2.03. The van der Waals surface area contributed by atoms with E-state index in [4.69, 9.17) is 9.72 Å². The SMILES string of the molecule is COC(=O)c1c(CN2C[C@H](C)C[C@H](C)C2)nc2ccccc2c1C. The van der Waals surface area contributed by atoms with Gasteiger partial charge < -0.3 is 4.74 Å². The fourth-order valence-electron chi connectivity index (χ4n) is 4.06. The molecule has 1 saturated heterocycles. The molecule has 4 heteroatoms. The van der Waals surface area contributed by atoms with Crippen LogP contribution in [-0.4, -0.2) is 36.1 Å². The molecule has 0 radical (unpaired) electrons. The number of hydrogen-bond acceptors (Lipinski definition) is 4. The highest BCUT2D eigenvalue weighted by atomic mass is 16.5. The van der Waals surface area contributed by atoms with E-state index in [1.54, 1.807) is 0 Å². The average Bonchev–Trinajstić information content (AvgIpc) is 2.53. The van der Waals surface area contributed by atoms with E-state index >= 15 is 0 Å². The van der Waals surface area contributed by atoms with Gasteiger partial charge in [-0.25, -0.2) is 4.79 Å². The summed E-state index contributed by atoms with van der Waals surface area (Å²) in [4.78, 5) is 19.6. The van der Waals surface area contributed by atoms with Gasteiger partial charge in [0.2, 0.25) is 0 Å². The summed E-state index contributed by atoms with van der Waals surface area (Å²) in [5.41, 5.74) is 3.36. The van der Waals surface area contributed by atoms with Crippen LogP contribution in [0.25, 0.3) is 10.9 Å². The number of rotatable bonds is 3. The van der Waals surface area contributed by atoms with E-state index in [1.165, 1.54) is 13.5 Å². The lowest BCUT2D eigenvalue weighted by molar-refractivity contribution is 0.0595. The summed E-state index contributed by atoms with van der Waals surface area (Å²) >= 11 is 0. The zero-order chi connectivity index (χ0) is 17.3. The van der Waals surface area contributed by atoms with Crippen LogP contribution in [0.2, 0.25) is 0 Å². The van der Waals surface area contributed by atoms with Crippen molar-refractivity contribution >= 4 is 16.9 Å². The van der Waals surface area contributed by atoms with Gasteiger partial charge in [-0.15, -0.1) is 0 Å². The summed E-state index contributed by atoms with van der Waals surface area (Å²) in [5.74, 6) is 1.06. The molecule has 1 fully saturated rings. The Morgan fingerprint density at radius 3 is 2.58 bits per heavy atom. The number of pyridine rings is 1. The maximum Gasteiger partial charge on any atom is 0.340 e. The summed E-state index contributed by atoms with van der Waals surface area (Å²) in [6.07, 6.45) is 1.27. The number of esters is 1. The van der Waals surface area contributed by atoms with Gasteiger partial charge in [-0.3, -0.25) is 9.88 Å². The van der Waals surface area contributed by atoms with E-state index in [1.807, 2.05) is 31.2 Å². The lowest BCUT2D eigenvalue weighted by Crippen LogP contribution is -2.38. The highest BCUT2D eigenvalue weighted by molar-refractivity contribution is 5.98. The van der Waals surface area contributed by atoms with Crippen LogP contribution in [0.5, 0.6) is 0 Å². The number of carbonyl (C=O) groups excluding carboxylic acids is 1. The molecule has 1 aromatic carbocycles. The second kappa shape index (κ2) is 6.89. The monoisotopic (exact) mass is 326 g/mol. The molecule has 24 heavy (non-hydrogen) atoms. The van der Waals surface area contributed by atoms with Crippen LogP contribution in [0, 0.1) is 18.8 Å². The minimum absolute atomic E-state index is 0.293. The van der Waals surface area contributed by atoms with Crippen LogP contribution in [0.4, 0.5) is 0 Å². The zero-order valence-corrected chi connectivity index (χ0v) is 15.0. The van der Waals surface area contributed by atoms with Crippen molar-refractivity contribution in [2.24, 2.45) is 11.8 Å². The topological polar surface area (TPSA) is 42.4 Å². The number of carbonyl (C=O) groups is 1. The van der Waals surface area contributed by atoms with Crippen LogP contribution < -0.4 is 0 Å². The molecule has 0 bridgehead atoms. The molecule has 0 N–H and O–H groups in total. The second-order valence-electron chi connectivity index (χ2n) is 7.21. The predicted molar refractivity (Wildman–Crippen MR) is 96.0 cm³/mol. The van der Waals surface area contributed by atoms with E-state index in [0.717, 1.165) is 35.2 Å². The Bertz CT molecular complexity index is 747. The normalized spacial score (nSPS) is 21.8. The van der Waals surface area contributed by atoms with Gasteiger partial charge in [0, 0.05) is 25.0 Å². The minimum Gasteiger partial charge on any atom is -0.465 e. The Morgan fingerprint density at radius 1 is 1.25 bits per heavy atom. The van der Waals surface area contributed by atoms with Crippen molar-refractivity contribution in [1.29, 1.82) is 0 Å². The number of aromatic nitrogens is 1. The molecule has 3 rings (SSSR count). The van der Waals surface area contributed by atoms with Crippen LogP contribution in [0.3, 0.4) is 0 Å². The molecule has 1 aromatic heterocycles. The van der Waals surface area contributed by atoms with Gasteiger partial charge in [0.05, 0.1) is 23.9 Å².